The lowest BCUT2D eigenvalue weighted by atomic mass is 10.2. The van der Waals surface area contributed by atoms with Crippen LogP contribution in [0.4, 0.5) is 5.69 Å². The molecule has 0 aliphatic rings. The molecule has 1 aromatic carbocycles. The number of aryl methyl sites for hydroxylation is 1. The second-order valence-corrected chi connectivity index (χ2v) is 3.78. The zero-order chi connectivity index (χ0) is 9.59. The average Bonchev–Trinajstić information content (AvgIpc) is 2.42. The quantitative estimate of drug-likeness (QED) is 0.721. The van der Waals surface area contributed by atoms with E-state index in [9.17, 15) is 0 Å². The van der Waals surface area contributed by atoms with Crippen LogP contribution in [-0.4, -0.2) is 4.98 Å². The molecule has 0 saturated heterocycles. The minimum absolute atomic E-state index is 0.653. The fourth-order valence-corrected chi connectivity index (χ4v) is 1.76. The van der Waals surface area contributed by atoms with Crippen molar-refractivity contribution in [1.29, 1.82) is 0 Å². The molecule has 0 aliphatic carbocycles. The number of hydrogen-bond donors (Lipinski definition) is 1. The van der Waals surface area contributed by atoms with Gasteiger partial charge < -0.3 is 10.2 Å². The predicted molar refractivity (Wildman–Crippen MR) is 55.6 cm³/mol. The standard InChI is InChI=1S/C9H9BrN2O/c1-4-6(11)3-7-9(8(4)10)12-5(2)13-7/h3H,11H2,1-2H3. The Morgan fingerprint density at radius 1 is 1.46 bits per heavy atom. The molecule has 0 unspecified atom stereocenters. The second-order valence-electron chi connectivity index (χ2n) is 2.98. The summed E-state index contributed by atoms with van der Waals surface area (Å²) in [5.74, 6) is 0.653. The number of halogens is 1. The lowest BCUT2D eigenvalue weighted by Crippen LogP contribution is -1.90. The molecule has 1 aromatic heterocycles. The Balaban J connectivity index is 2.92. The number of rotatable bonds is 0. The molecule has 2 N–H and O–H groups in total. The first kappa shape index (κ1) is 8.56. The van der Waals surface area contributed by atoms with Gasteiger partial charge in [0.25, 0.3) is 0 Å². The maximum atomic E-state index is 5.78. The summed E-state index contributed by atoms with van der Waals surface area (Å²) in [7, 11) is 0. The number of aromatic nitrogens is 1. The van der Waals surface area contributed by atoms with Gasteiger partial charge in [0.1, 0.15) is 5.52 Å². The molecule has 0 amide bonds. The first-order valence-electron chi connectivity index (χ1n) is 3.91. The first-order chi connectivity index (χ1) is 6.09. The molecule has 3 nitrogen and oxygen atoms in total. The molecule has 0 fully saturated rings. The van der Waals surface area contributed by atoms with Gasteiger partial charge in [-0.3, -0.25) is 0 Å². The van der Waals surface area contributed by atoms with Gasteiger partial charge in [-0.25, -0.2) is 4.98 Å². The summed E-state index contributed by atoms with van der Waals surface area (Å²) >= 11 is 3.44. The van der Waals surface area contributed by atoms with E-state index in [1.54, 1.807) is 6.07 Å². The molecular weight excluding hydrogens is 232 g/mol. The number of anilines is 1. The molecular formula is C9H9BrN2O. The number of nitrogens with zero attached hydrogens (tertiary/aromatic N) is 1. The van der Waals surface area contributed by atoms with Gasteiger partial charge in [-0.1, -0.05) is 0 Å². The molecule has 4 heteroatoms. The number of nitrogens with two attached hydrogens (primary N) is 1. The van der Waals surface area contributed by atoms with E-state index in [0.29, 0.717) is 5.89 Å². The lowest BCUT2D eigenvalue weighted by Gasteiger charge is -2.01. The van der Waals surface area contributed by atoms with Crippen LogP contribution < -0.4 is 5.73 Å². The first-order valence-corrected chi connectivity index (χ1v) is 4.70. The molecule has 2 aromatic rings. The number of hydrogen-bond acceptors (Lipinski definition) is 3. The number of benzene rings is 1. The second kappa shape index (κ2) is 2.73. The third-order valence-electron chi connectivity index (χ3n) is 2.02. The number of fused-ring (bicyclic) bond motifs is 1. The van der Waals surface area contributed by atoms with Crippen molar-refractivity contribution in [3.05, 3.63) is 22.0 Å². The summed E-state index contributed by atoms with van der Waals surface area (Å²) in [6.45, 7) is 3.76. The summed E-state index contributed by atoms with van der Waals surface area (Å²) in [4.78, 5) is 4.25. The van der Waals surface area contributed by atoms with Crippen molar-refractivity contribution in [3.63, 3.8) is 0 Å². The highest BCUT2D eigenvalue weighted by atomic mass is 79.9. The molecule has 13 heavy (non-hydrogen) atoms. The molecule has 2 rings (SSSR count). The van der Waals surface area contributed by atoms with Crippen molar-refractivity contribution in [1.82, 2.24) is 4.98 Å². The van der Waals surface area contributed by atoms with Crippen LogP contribution in [-0.2, 0) is 0 Å². The van der Waals surface area contributed by atoms with E-state index < -0.39 is 0 Å². The van der Waals surface area contributed by atoms with E-state index in [1.165, 1.54) is 0 Å². The smallest absolute Gasteiger partial charge is 0.192 e. The minimum atomic E-state index is 0.653. The van der Waals surface area contributed by atoms with Crippen LogP contribution in [0.25, 0.3) is 11.1 Å². The molecule has 0 atom stereocenters. The monoisotopic (exact) mass is 240 g/mol. The van der Waals surface area contributed by atoms with Crippen LogP contribution in [0.2, 0.25) is 0 Å². The highest BCUT2D eigenvalue weighted by Gasteiger charge is 2.10. The van der Waals surface area contributed by atoms with Crippen LogP contribution in [0.15, 0.2) is 15.0 Å². The van der Waals surface area contributed by atoms with Gasteiger partial charge in [0.05, 0.1) is 4.47 Å². The maximum Gasteiger partial charge on any atom is 0.192 e. The van der Waals surface area contributed by atoms with E-state index in [1.807, 2.05) is 13.8 Å². The van der Waals surface area contributed by atoms with Gasteiger partial charge in [0.2, 0.25) is 0 Å². The van der Waals surface area contributed by atoms with E-state index >= 15 is 0 Å². The van der Waals surface area contributed by atoms with Crippen molar-refractivity contribution in [2.24, 2.45) is 0 Å². The van der Waals surface area contributed by atoms with E-state index in [-0.39, 0.29) is 0 Å². The normalized spacial score (nSPS) is 11.0. The number of nitrogen functional groups attached to an aromatic ring is 1. The maximum absolute atomic E-state index is 5.78. The Morgan fingerprint density at radius 3 is 2.85 bits per heavy atom. The van der Waals surface area contributed by atoms with E-state index in [4.69, 9.17) is 10.2 Å². The third-order valence-corrected chi connectivity index (χ3v) is 2.99. The minimum Gasteiger partial charge on any atom is -0.441 e. The highest BCUT2D eigenvalue weighted by Crippen LogP contribution is 2.31. The van der Waals surface area contributed by atoms with Crippen LogP contribution >= 0.6 is 15.9 Å². The molecule has 0 aliphatic heterocycles. The molecule has 0 saturated carbocycles. The van der Waals surface area contributed by atoms with E-state index in [0.717, 1.165) is 26.8 Å². The largest absolute Gasteiger partial charge is 0.441 e. The fraction of sp³-hybridized carbons (Fsp3) is 0.222. The summed E-state index contributed by atoms with van der Waals surface area (Å²) in [6.07, 6.45) is 0. The van der Waals surface area contributed by atoms with Gasteiger partial charge in [-0.15, -0.1) is 0 Å². The van der Waals surface area contributed by atoms with Crippen LogP contribution in [0.3, 0.4) is 0 Å². The van der Waals surface area contributed by atoms with Crippen molar-refractivity contribution < 1.29 is 4.42 Å². The zero-order valence-electron chi connectivity index (χ0n) is 7.39. The Kier molecular flexibility index (Phi) is 1.80. The molecule has 0 radical (unpaired) electrons. The Morgan fingerprint density at radius 2 is 2.15 bits per heavy atom. The van der Waals surface area contributed by atoms with Crippen LogP contribution in [0, 0.1) is 13.8 Å². The summed E-state index contributed by atoms with van der Waals surface area (Å²) in [5.41, 5.74) is 9.06. The van der Waals surface area contributed by atoms with Gasteiger partial charge in [-0.2, -0.15) is 0 Å². The highest BCUT2D eigenvalue weighted by molar-refractivity contribution is 9.10. The third kappa shape index (κ3) is 1.21. The molecule has 1 heterocycles. The van der Waals surface area contributed by atoms with Crippen molar-refractivity contribution in [2.75, 3.05) is 5.73 Å². The van der Waals surface area contributed by atoms with Crippen LogP contribution in [0.5, 0.6) is 0 Å². The molecule has 0 spiro atoms. The predicted octanol–water partition coefficient (Wildman–Crippen LogP) is 2.79. The fourth-order valence-electron chi connectivity index (χ4n) is 1.25. The van der Waals surface area contributed by atoms with Crippen LogP contribution in [0.1, 0.15) is 11.5 Å². The van der Waals surface area contributed by atoms with Gasteiger partial charge >= 0.3 is 0 Å². The molecule has 0 bridgehead atoms. The Labute approximate surface area is 84.1 Å². The zero-order valence-corrected chi connectivity index (χ0v) is 8.97. The Bertz CT molecular complexity index is 476. The summed E-state index contributed by atoms with van der Waals surface area (Å²) in [6, 6.07) is 1.80. The molecule has 68 valence electrons. The van der Waals surface area contributed by atoms with Gasteiger partial charge in [-0.05, 0) is 28.4 Å². The SMILES string of the molecule is Cc1nc2c(Br)c(C)c(N)cc2o1. The summed E-state index contributed by atoms with van der Waals surface area (Å²) in [5, 5.41) is 0. The lowest BCUT2D eigenvalue weighted by molar-refractivity contribution is 0.561. The van der Waals surface area contributed by atoms with Crippen molar-refractivity contribution >= 4 is 32.7 Å². The van der Waals surface area contributed by atoms with Crippen molar-refractivity contribution in [2.45, 2.75) is 13.8 Å². The Hall–Kier alpha value is -1.03. The summed E-state index contributed by atoms with van der Waals surface area (Å²) < 4.78 is 6.28. The van der Waals surface area contributed by atoms with Crippen molar-refractivity contribution in [3.8, 4) is 0 Å². The van der Waals surface area contributed by atoms with Gasteiger partial charge in [0.15, 0.2) is 11.5 Å². The topological polar surface area (TPSA) is 52.0 Å². The van der Waals surface area contributed by atoms with E-state index in [2.05, 4.69) is 20.9 Å². The average molecular weight is 241 g/mol. The number of oxazole rings is 1. The van der Waals surface area contributed by atoms with Gasteiger partial charge in [0, 0.05) is 18.7 Å².